The normalized spacial score (nSPS) is 10.2. The van der Waals surface area contributed by atoms with E-state index in [1.165, 1.54) is 11.3 Å². The second kappa shape index (κ2) is 5.93. The van der Waals surface area contributed by atoms with Gasteiger partial charge in [-0.15, -0.1) is 11.3 Å². The molecule has 1 aromatic heterocycles. The number of hydrogen-bond donors (Lipinski definition) is 1. The number of nitrogens with zero attached hydrogens (tertiary/aromatic N) is 1. The third-order valence-corrected chi connectivity index (χ3v) is 3.72. The third kappa shape index (κ3) is 3.64. The maximum Gasteiger partial charge on any atom is 0.226 e. The lowest BCUT2D eigenvalue weighted by Gasteiger charge is -2.04. The van der Waals surface area contributed by atoms with E-state index >= 15 is 0 Å². The first kappa shape index (κ1) is 12.3. The molecule has 0 aliphatic rings. The van der Waals surface area contributed by atoms with Gasteiger partial charge in [0, 0.05) is 22.5 Å². The second-order valence-corrected chi connectivity index (χ2v) is 5.23. The molecule has 0 atom stereocenters. The van der Waals surface area contributed by atoms with Crippen LogP contribution in [-0.2, 0) is 11.2 Å². The highest BCUT2D eigenvalue weighted by molar-refractivity contribution is 9.10. The van der Waals surface area contributed by atoms with Gasteiger partial charge in [-0.25, -0.2) is 4.98 Å². The molecule has 1 N–H and O–H groups in total. The van der Waals surface area contributed by atoms with Crippen LogP contribution in [0.2, 0.25) is 0 Å². The van der Waals surface area contributed by atoms with Crippen molar-refractivity contribution in [1.82, 2.24) is 4.98 Å². The van der Waals surface area contributed by atoms with Crippen LogP contribution in [0.15, 0.2) is 40.3 Å². The van der Waals surface area contributed by atoms with Gasteiger partial charge in [0.15, 0.2) is 5.13 Å². The highest BCUT2D eigenvalue weighted by Gasteiger charge is 2.06. The minimum Gasteiger partial charge on any atom is -0.302 e. The number of benzene rings is 1. The molecular weight excluding hydrogens is 300 g/mol. The van der Waals surface area contributed by atoms with E-state index in [2.05, 4.69) is 26.2 Å². The van der Waals surface area contributed by atoms with Crippen molar-refractivity contribution in [1.29, 1.82) is 0 Å². The minimum absolute atomic E-state index is 0.00398. The van der Waals surface area contributed by atoms with E-state index in [0.717, 1.165) is 16.5 Å². The molecule has 3 nitrogen and oxygen atoms in total. The number of halogens is 1. The van der Waals surface area contributed by atoms with Crippen LogP contribution in [0.25, 0.3) is 0 Å². The lowest BCUT2D eigenvalue weighted by atomic mass is 10.1. The average Bonchev–Trinajstić information content (AvgIpc) is 2.81. The Morgan fingerprint density at radius 3 is 2.94 bits per heavy atom. The summed E-state index contributed by atoms with van der Waals surface area (Å²) in [5, 5.41) is 5.26. The zero-order chi connectivity index (χ0) is 12.1. The first-order chi connectivity index (χ1) is 8.25. The van der Waals surface area contributed by atoms with E-state index in [1.807, 2.05) is 29.6 Å². The van der Waals surface area contributed by atoms with Gasteiger partial charge in [-0.1, -0.05) is 34.1 Å². The Labute approximate surface area is 112 Å². The van der Waals surface area contributed by atoms with Gasteiger partial charge in [-0.05, 0) is 18.1 Å². The number of aromatic nitrogens is 1. The zero-order valence-electron chi connectivity index (χ0n) is 9.02. The predicted molar refractivity (Wildman–Crippen MR) is 73.2 cm³/mol. The summed E-state index contributed by atoms with van der Waals surface area (Å²) < 4.78 is 1.04. The maximum absolute atomic E-state index is 11.6. The Bertz CT molecular complexity index is 499. The van der Waals surface area contributed by atoms with Crippen molar-refractivity contribution in [2.45, 2.75) is 12.8 Å². The molecule has 88 valence electrons. The SMILES string of the molecule is O=C(CCc1ccccc1Br)Nc1nccs1. The predicted octanol–water partition coefficient (Wildman–Crippen LogP) is 3.48. The Balaban J connectivity index is 1.86. The van der Waals surface area contributed by atoms with Gasteiger partial charge in [0.05, 0.1) is 0 Å². The Morgan fingerprint density at radius 2 is 2.24 bits per heavy atom. The van der Waals surface area contributed by atoms with Gasteiger partial charge < -0.3 is 5.32 Å². The van der Waals surface area contributed by atoms with Crippen molar-refractivity contribution in [3.63, 3.8) is 0 Å². The molecule has 2 rings (SSSR count). The first-order valence-electron chi connectivity index (χ1n) is 5.18. The van der Waals surface area contributed by atoms with Crippen LogP contribution in [0.1, 0.15) is 12.0 Å². The summed E-state index contributed by atoms with van der Waals surface area (Å²) in [6.45, 7) is 0. The molecule has 17 heavy (non-hydrogen) atoms. The summed E-state index contributed by atoms with van der Waals surface area (Å²) in [5.41, 5.74) is 1.14. The zero-order valence-corrected chi connectivity index (χ0v) is 11.4. The van der Waals surface area contributed by atoms with Crippen LogP contribution < -0.4 is 5.32 Å². The molecular formula is C12H11BrN2OS. The highest BCUT2D eigenvalue weighted by Crippen LogP contribution is 2.18. The van der Waals surface area contributed by atoms with Crippen molar-refractivity contribution in [3.05, 3.63) is 45.9 Å². The van der Waals surface area contributed by atoms with E-state index in [-0.39, 0.29) is 5.91 Å². The summed E-state index contributed by atoms with van der Waals surface area (Å²) in [7, 11) is 0. The smallest absolute Gasteiger partial charge is 0.226 e. The van der Waals surface area contributed by atoms with E-state index in [9.17, 15) is 4.79 Å². The Hall–Kier alpha value is -1.20. The maximum atomic E-state index is 11.6. The molecule has 1 heterocycles. The van der Waals surface area contributed by atoms with Crippen molar-refractivity contribution < 1.29 is 4.79 Å². The molecule has 1 aromatic carbocycles. The fourth-order valence-electron chi connectivity index (χ4n) is 1.42. The molecule has 0 bridgehead atoms. The number of aryl methyl sites for hydroxylation is 1. The van der Waals surface area contributed by atoms with Gasteiger partial charge in [0.2, 0.25) is 5.91 Å². The summed E-state index contributed by atoms with van der Waals surface area (Å²) in [6, 6.07) is 7.93. The number of anilines is 1. The topological polar surface area (TPSA) is 42.0 Å². The summed E-state index contributed by atoms with van der Waals surface area (Å²) in [4.78, 5) is 15.6. The lowest BCUT2D eigenvalue weighted by Crippen LogP contribution is -2.12. The van der Waals surface area contributed by atoms with Crippen molar-refractivity contribution in [2.24, 2.45) is 0 Å². The van der Waals surface area contributed by atoms with Crippen LogP contribution in [0.4, 0.5) is 5.13 Å². The standard InChI is InChI=1S/C12H11BrN2OS/c13-10-4-2-1-3-9(10)5-6-11(16)15-12-14-7-8-17-12/h1-4,7-8H,5-6H2,(H,14,15,16). The minimum atomic E-state index is -0.00398. The molecule has 0 saturated carbocycles. The number of amides is 1. The van der Waals surface area contributed by atoms with Crippen LogP contribution in [-0.4, -0.2) is 10.9 Å². The van der Waals surface area contributed by atoms with Crippen LogP contribution >= 0.6 is 27.3 Å². The monoisotopic (exact) mass is 310 g/mol. The number of carbonyl (C=O) groups excluding carboxylic acids is 1. The fraction of sp³-hybridized carbons (Fsp3) is 0.167. The lowest BCUT2D eigenvalue weighted by molar-refractivity contribution is -0.116. The van der Waals surface area contributed by atoms with E-state index < -0.39 is 0 Å². The quantitative estimate of drug-likeness (QED) is 0.939. The average molecular weight is 311 g/mol. The molecule has 1 amide bonds. The number of hydrogen-bond acceptors (Lipinski definition) is 3. The molecule has 5 heteroatoms. The Kier molecular flexibility index (Phi) is 4.28. The summed E-state index contributed by atoms with van der Waals surface area (Å²) in [6.07, 6.45) is 2.86. The molecule has 0 spiro atoms. The van der Waals surface area contributed by atoms with Crippen LogP contribution in [0.5, 0.6) is 0 Å². The molecule has 0 unspecified atom stereocenters. The van der Waals surface area contributed by atoms with Gasteiger partial charge in [-0.3, -0.25) is 4.79 Å². The molecule has 0 saturated heterocycles. The second-order valence-electron chi connectivity index (χ2n) is 3.48. The van der Waals surface area contributed by atoms with Gasteiger partial charge >= 0.3 is 0 Å². The molecule has 0 radical (unpaired) electrons. The van der Waals surface area contributed by atoms with Crippen molar-refractivity contribution in [2.75, 3.05) is 5.32 Å². The number of nitrogens with one attached hydrogen (secondary N) is 1. The van der Waals surface area contributed by atoms with Crippen molar-refractivity contribution in [3.8, 4) is 0 Å². The van der Waals surface area contributed by atoms with Gasteiger partial charge in [0.1, 0.15) is 0 Å². The van der Waals surface area contributed by atoms with Crippen LogP contribution in [0, 0.1) is 0 Å². The number of rotatable bonds is 4. The van der Waals surface area contributed by atoms with E-state index in [1.54, 1.807) is 6.20 Å². The van der Waals surface area contributed by atoms with Gasteiger partial charge in [-0.2, -0.15) is 0 Å². The van der Waals surface area contributed by atoms with Gasteiger partial charge in [0.25, 0.3) is 0 Å². The molecule has 0 aliphatic carbocycles. The first-order valence-corrected chi connectivity index (χ1v) is 6.86. The molecule has 2 aromatic rings. The molecule has 0 fully saturated rings. The van der Waals surface area contributed by atoms with E-state index in [0.29, 0.717) is 11.6 Å². The summed E-state index contributed by atoms with van der Waals surface area (Å²) >= 11 is 4.89. The van der Waals surface area contributed by atoms with Crippen molar-refractivity contribution >= 4 is 38.3 Å². The fourth-order valence-corrected chi connectivity index (χ4v) is 2.44. The number of carbonyl (C=O) groups is 1. The highest BCUT2D eigenvalue weighted by atomic mass is 79.9. The van der Waals surface area contributed by atoms with E-state index in [4.69, 9.17) is 0 Å². The molecule has 0 aliphatic heterocycles. The van der Waals surface area contributed by atoms with Crippen LogP contribution in [0.3, 0.4) is 0 Å². The third-order valence-electron chi connectivity index (χ3n) is 2.26. The Morgan fingerprint density at radius 1 is 1.41 bits per heavy atom. The summed E-state index contributed by atoms with van der Waals surface area (Å²) in [5.74, 6) is -0.00398. The largest absolute Gasteiger partial charge is 0.302 e. The number of thiazole rings is 1.